The summed E-state index contributed by atoms with van der Waals surface area (Å²) in [5, 5.41) is 16.2. The molecule has 2 rings (SSSR count). The van der Waals surface area contributed by atoms with E-state index in [1.165, 1.54) is 12.1 Å². The van der Waals surface area contributed by atoms with Crippen molar-refractivity contribution in [2.75, 3.05) is 7.05 Å². The van der Waals surface area contributed by atoms with Gasteiger partial charge < -0.3 is 10.4 Å². The van der Waals surface area contributed by atoms with Crippen LogP contribution in [0.15, 0.2) is 35.1 Å². The van der Waals surface area contributed by atoms with Crippen molar-refractivity contribution in [1.29, 1.82) is 0 Å². The van der Waals surface area contributed by atoms with Gasteiger partial charge in [-0.05, 0) is 25.2 Å². The molecule has 2 N–H and O–H groups in total. The molecule has 21 heavy (non-hydrogen) atoms. The van der Waals surface area contributed by atoms with Gasteiger partial charge in [0.15, 0.2) is 0 Å². The normalized spacial score (nSPS) is 11.6. The third-order valence-electron chi connectivity index (χ3n) is 2.75. The van der Waals surface area contributed by atoms with Crippen molar-refractivity contribution in [1.82, 2.24) is 15.1 Å². The summed E-state index contributed by atoms with van der Waals surface area (Å²) in [4.78, 5) is 11.8. The van der Waals surface area contributed by atoms with Gasteiger partial charge in [0.25, 0.3) is 5.56 Å². The second kappa shape index (κ2) is 5.57. The first-order valence-corrected chi connectivity index (χ1v) is 5.97. The van der Waals surface area contributed by atoms with Crippen LogP contribution in [0.2, 0.25) is 0 Å². The third kappa shape index (κ3) is 3.22. The number of nitrogens with zero attached hydrogens (tertiary/aromatic N) is 2. The van der Waals surface area contributed by atoms with Gasteiger partial charge in [-0.15, -0.1) is 0 Å². The zero-order chi connectivity index (χ0) is 15.6. The van der Waals surface area contributed by atoms with E-state index in [9.17, 15) is 23.1 Å². The largest absolute Gasteiger partial charge is 0.506 e. The van der Waals surface area contributed by atoms with E-state index in [2.05, 4.69) is 10.4 Å². The van der Waals surface area contributed by atoms with Gasteiger partial charge in [0.2, 0.25) is 0 Å². The first-order valence-electron chi connectivity index (χ1n) is 5.97. The molecule has 1 heterocycles. The molecule has 1 aromatic carbocycles. The Morgan fingerprint density at radius 3 is 2.67 bits per heavy atom. The number of hydrogen-bond donors (Lipinski definition) is 2. The maximum atomic E-state index is 12.7. The predicted molar refractivity (Wildman–Crippen MR) is 69.3 cm³/mol. The lowest BCUT2D eigenvalue weighted by Crippen LogP contribution is -2.23. The van der Waals surface area contributed by atoms with E-state index < -0.39 is 17.3 Å². The van der Waals surface area contributed by atoms with Crippen LogP contribution in [0, 0.1) is 0 Å². The number of aromatic nitrogens is 2. The van der Waals surface area contributed by atoms with Crippen LogP contribution in [0.25, 0.3) is 5.69 Å². The molecule has 5 nitrogen and oxygen atoms in total. The van der Waals surface area contributed by atoms with Crippen LogP contribution in [-0.4, -0.2) is 21.9 Å². The summed E-state index contributed by atoms with van der Waals surface area (Å²) in [6.45, 7) is 0.172. The lowest BCUT2D eigenvalue weighted by Gasteiger charge is -2.11. The van der Waals surface area contributed by atoms with Crippen molar-refractivity contribution in [2.24, 2.45) is 0 Å². The zero-order valence-electron chi connectivity index (χ0n) is 11.0. The lowest BCUT2D eigenvalue weighted by atomic mass is 10.2. The molecule has 2 aromatic rings. The molecule has 0 unspecified atom stereocenters. The molecule has 0 saturated carbocycles. The Kier molecular flexibility index (Phi) is 3.99. The summed E-state index contributed by atoms with van der Waals surface area (Å²) in [6.07, 6.45) is -4.51. The molecule has 0 aliphatic rings. The van der Waals surface area contributed by atoms with Crippen LogP contribution in [0.3, 0.4) is 0 Å². The van der Waals surface area contributed by atoms with E-state index in [0.717, 1.165) is 22.9 Å². The van der Waals surface area contributed by atoms with Gasteiger partial charge in [0.1, 0.15) is 11.4 Å². The Balaban J connectivity index is 2.56. The first kappa shape index (κ1) is 15.0. The number of rotatable bonds is 3. The number of halogens is 3. The third-order valence-corrected chi connectivity index (χ3v) is 2.75. The minimum absolute atomic E-state index is 0.0211. The average molecular weight is 299 g/mol. The topological polar surface area (TPSA) is 67.2 Å². The highest BCUT2D eigenvalue weighted by Gasteiger charge is 2.30. The lowest BCUT2D eigenvalue weighted by molar-refractivity contribution is -0.137. The highest BCUT2D eigenvalue weighted by Crippen LogP contribution is 2.30. The SMILES string of the molecule is CNCc1nn(-c2cccc(C(F)(F)F)c2)c(=O)cc1O. The standard InChI is InChI=1S/C13H12F3N3O2/c1-17-7-10-11(20)6-12(21)19(18-10)9-4-2-3-8(5-9)13(14,15)16/h2-6,17,20H,7H2,1H3. The second-order valence-electron chi connectivity index (χ2n) is 4.30. The fourth-order valence-electron chi connectivity index (χ4n) is 1.77. The monoisotopic (exact) mass is 299 g/mol. The molecule has 0 bridgehead atoms. The van der Waals surface area contributed by atoms with Gasteiger partial charge in [-0.25, -0.2) is 0 Å². The summed E-state index contributed by atoms with van der Waals surface area (Å²) in [7, 11) is 1.61. The second-order valence-corrected chi connectivity index (χ2v) is 4.30. The molecule has 0 aliphatic heterocycles. The summed E-state index contributed by atoms with van der Waals surface area (Å²) in [5.74, 6) is -0.308. The summed E-state index contributed by atoms with van der Waals surface area (Å²) in [5.41, 5.74) is -1.45. The first-order chi connectivity index (χ1) is 9.82. The molecule has 8 heteroatoms. The van der Waals surface area contributed by atoms with Crippen molar-refractivity contribution in [3.63, 3.8) is 0 Å². The van der Waals surface area contributed by atoms with Gasteiger partial charge >= 0.3 is 6.18 Å². The van der Waals surface area contributed by atoms with Crippen LogP contribution in [0.5, 0.6) is 5.75 Å². The molecule has 0 radical (unpaired) electrons. The smallest absolute Gasteiger partial charge is 0.416 e. The fraction of sp³-hybridized carbons (Fsp3) is 0.231. The van der Waals surface area contributed by atoms with Crippen molar-refractivity contribution in [3.8, 4) is 11.4 Å². The van der Waals surface area contributed by atoms with E-state index in [0.29, 0.717) is 0 Å². The Morgan fingerprint density at radius 1 is 1.33 bits per heavy atom. The van der Waals surface area contributed by atoms with Crippen molar-refractivity contribution in [2.45, 2.75) is 12.7 Å². The molecule has 0 fully saturated rings. The minimum Gasteiger partial charge on any atom is -0.506 e. The molecule has 0 amide bonds. The number of benzene rings is 1. The van der Waals surface area contributed by atoms with Crippen molar-refractivity contribution < 1.29 is 18.3 Å². The highest BCUT2D eigenvalue weighted by molar-refractivity contribution is 5.37. The highest BCUT2D eigenvalue weighted by atomic mass is 19.4. The molecule has 0 atom stereocenters. The molecular weight excluding hydrogens is 287 g/mol. The number of alkyl halides is 3. The van der Waals surface area contributed by atoms with Crippen LogP contribution in [-0.2, 0) is 12.7 Å². The van der Waals surface area contributed by atoms with Gasteiger partial charge in [-0.1, -0.05) is 6.07 Å². The Morgan fingerprint density at radius 2 is 2.05 bits per heavy atom. The van der Waals surface area contributed by atoms with Crippen LogP contribution < -0.4 is 10.9 Å². The Bertz CT molecular complexity index is 711. The predicted octanol–water partition coefficient (Wildman–Crippen LogP) is 1.68. The van der Waals surface area contributed by atoms with Gasteiger partial charge in [0, 0.05) is 12.6 Å². The number of nitrogens with one attached hydrogen (secondary N) is 1. The minimum atomic E-state index is -4.51. The number of hydrogen-bond acceptors (Lipinski definition) is 4. The quantitative estimate of drug-likeness (QED) is 0.905. The van der Waals surface area contributed by atoms with E-state index >= 15 is 0 Å². The van der Waals surface area contributed by atoms with Gasteiger partial charge in [-0.2, -0.15) is 23.0 Å². The van der Waals surface area contributed by atoms with Crippen molar-refractivity contribution >= 4 is 0 Å². The van der Waals surface area contributed by atoms with E-state index in [4.69, 9.17) is 0 Å². The van der Waals surface area contributed by atoms with Gasteiger partial charge in [0.05, 0.1) is 11.3 Å². The maximum Gasteiger partial charge on any atom is 0.416 e. The van der Waals surface area contributed by atoms with E-state index in [1.807, 2.05) is 0 Å². The van der Waals surface area contributed by atoms with Crippen LogP contribution >= 0.6 is 0 Å². The summed E-state index contributed by atoms with van der Waals surface area (Å²) in [6, 6.07) is 5.18. The van der Waals surface area contributed by atoms with Crippen molar-refractivity contribution in [3.05, 3.63) is 51.9 Å². The molecule has 1 aromatic heterocycles. The summed E-state index contributed by atoms with van der Waals surface area (Å²) >= 11 is 0. The van der Waals surface area contributed by atoms with Crippen LogP contribution in [0.4, 0.5) is 13.2 Å². The van der Waals surface area contributed by atoms with E-state index in [-0.39, 0.29) is 23.7 Å². The maximum absolute atomic E-state index is 12.7. The molecule has 112 valence electrons. The molecule has 0 aliphatic carbocycles. The number of aromatic hydroxyl groups is 1. The molecule has 0 saturated heterocycles. The van der Waals surface area contributed by atoms with E-state index in [1.54, 1.807) is 7.05 Å². The van der Waals surface area contributed by atoms with Gasteiger partial charge in [-0.3, -0.25) is 4.79 Å². The Labute approximate surface area is 117 Å². The summed E-state index contributed by atoms with van der Waals surface area (Å²) < 4.78 is 38.9. The Hall–Kier alpha value is -2.35. The average Bonchev–Trinajstić information content (AvgIpc) is 2.41. The zero-order valence-corrected chi connectivity index (χ0v) is 11.0. The fourth-order valence-corrected chi connectivity index (χ4v) is 1.77. The molecular formula is C13H12F3N3O2. The van der Waals surface area contributed by atoms with Crippen LogP contribution in [0.1, 0.15) is 11.3 Å². The molecule has 0 spiro atoms.